The predicted molar refractivity (Wildman–Crippen MR) is 54.3 cm³/mol. The van der Waals surface area contributed by atoms with Gasteiger partial charge < -0.3 is 5.11 Å². The molecule has 1 atom stereocenters. The fourth-order valence-electron chi connectivity index (χ4n) is 1.31. The lowest BCUT2D eigenvalue weighted by molar-refractivity contribution is 0.177. The molecule has 0 aliphatic carbocycles. The van der Waals surface area contributed by atoms with Crippen LogP contribution in [-0.2, 0) is 13.5 Å². The van der Waals surface area contributed by atoms with Gasteiger partial charge in [-0.05, 0) is 18.5 Å². The summed E-state index contributed by atoms with van der Waals surface area (Å²) in [5, 5.41) is 17.7. The van der Waals surface area contributed by atoms with E-state index in [1.54, 1.807) is 11.7 Å². The third kappa shape index (κ3) is 2.02. The van der Waals surface area contributed by atoms with Crippen LogP contribution in [0.3, 0.4) is 0 Å². The number of hydrogen-bond acceptors (Lipinski definition) is 6. The van der Waals surface area contributed by atoms with Crippen LogP contribution in [0.25, 0.3) is 0 Å². The molecule has 80 valence electrons. The molecular weight excluding hydrogens is 214 g/mol. The van der Waals surface area contributed by atoms with Crippen LogP contribution in [0.5, 0.6) is 0 Å². The summed E-state index contributed by atoms with van der Waals surface area (Å²) in [5.74, 6) is 0.746. The van der Waals surface area contributed by atoms with Gasteiger partial charge in [0, 0.05) is 13.5 Å². The molecule has 2 aromatic heterocycles. The van der Waals surface area contributed by atoms with Crippen molar-refractivity contribution >= 4 is 11.5 Å². The Hall–Kier alpha value is -1.34. The van der Waals surface area contributed by atoms with E-state index in [-0.39, 0.29) is 0 Å². The van der Waals surface area contributed by atoms with Gasteiger partial charge in [0.25, 0.3) is 0 Å². The normalized spacial score (nSPS) is 13.0. The van der Waals surface area contributed by atoms with Crippen molar-refractivity contribution in [1.29, 1.82) is 0 Å². The van der Waals surface area contributed by atoms with Gasteiger partial charge in [0.15, 0.2) is 0 Å². The minimum Gasteiger partial charge on any atom is -0.387 e. The summed E-state index contributed by atoms with van der Waals surface area (Å²) < 4.78 is 5.43. The molecule has 0 saturated carbocycles. The molecule has 0 fully saturated rings. The third-order valence-corrected chi connectivity index (χ3v) is 3.10. The number of rotatable bonds is 3. The number of aliphatic hydroxyl groups is 1. The highest BCUT2D eigenvalue weighted by molar-refractivity contribution is 7.05. The van der Waals surface area contributed by atoms with Gasteiger partial charge in [-0.25, -0.2) is 4.98 Å². The topological polar surface area (TPSA) is 76.7 Å². The van der Waals surface area contributed by atoms with Crippen molar-refractivity contribution in [3.8, 4) is 0 Å². The van der Waals surface area contributed by atoms with Crippen LogP contribution in [0.2, 0.25) is 0 Å². The first kappa shape index (κ1) is 10.2. The van der Waals surface area contributed by atoms with E-state index in [1.165, 1.54) is 17.9 Å². The standard InChI is InChI=1S/C8H11N5OS/c1-5-8(15-12-11-5)6(14)3-7-9-4-10-13(7)2/h4,6,14H,3H2,1-2H3. The maximum Gasteiger partial charge on any atom is 0.138 e. The van der Waals surface area contributed by atoms with Crippen molar-refractivity contribution in [2.45, 2.75) is 19.4 Å². The van der Waals surface area contributed by atoms with Crippen LogP contribution < -0.4 is 0 Å². The zero-order chi connectivity index (χ0) is 10.8. The zero-order valence-electron chi connectivity index (χ0n) is 8.45. The van der Waals surface area contributed by atoms with Crippen molar-refractivity contribution in [3.63, 3.8) is 0 Å². The molecule has 6 nitrogen and oxygen atoms in total. The summed E-state index contributed by atoms with van der Waals surface area (Å²) in [5.41, 5.74) is 0.773. The Morgan fingerprint density at radius 1 is 1.60 bits per heavy atom. The summed E-state index contributed by atoms with van der Waals surface area (Å²) in [6, 6.07) is 0. The lowest BCUT2D eigenvalue weighted by atomic mass is 10.2. The summed E-state index contributed by atoms with van der Waals surface area (Å²) in [6.07, 6.45) is 1.30. The third-order valence-electron chi connectivity index (χ3n) is 2.17. The first-order valence-corrected chi connectivity index (χ1v) is 5.25. The maximum atomic E-state index is 9.94. The molecule has 2 heterocycles. The molecular formula is C8H11N5OS. The lowest BCUT2D eigenvalue weighted by Gasteiger charge is -2.07. The molecule has 0 saturated heterocycles. The first-order valence-electron chi connectivity index (χ1n) is 4.48. The molecule has 0 amide bonds. The number of aryl methyl sites for hydroxylation is 2. The number of nitrogens with zero attached hydrogens (tertiary/aromatic N) is 5. The fraction of sp³-hybridized carbons (Fsp3) is 0.500. The van der Waals surface area contributed by atoms with E-state index >= 15 is 0 Å². The van der Waals surface area contributed by atoms with Crippen molar-refractivity contribution in [2.75, 3.05) is 0 Å². The van der Waals surface area contributed by atoms with Crippen molar-refractivity contribution in [1.82, 2.24) is 24.4 Å². The molecule has 0 aromatic carbocycles. The molecule has 2 rings (SSSR count). The van der Waals surface area contributed by atoms with Gasteiger partial charge in [-0.1, -0.05) is 4.49 Å². The number of aliphatic hydroxyl groups excluding tert-OH is 1. The van der Waals surface area contributed by atoms with Crippen LogP contribution in [0.15, 0.2) is 6.33 Å². The van der Waals surface area contributed by atoms with Crippen molar-refractivity contribution < 1.29 is 5.11 Å². The molecule has 0 radical (unpaired) electrons. The quantitative estimate of drug-likeness (QED) is 0.810. The molecule has 1 unspecified atom stereocenters. The summed E-state index contributed by atoms with van der Waals surface area (Å²) in [4.78, 5) is 4.84. The van der Waals surface area contributed by atoms with E-state index in [0.29, 0.717) is 6.42 Å². The van der Waals surface area contributed by atoms with E-state index in [1.807, 2.05) is 6.92 Å². The summed E-state index contributed by atoms with van der Waals surface area (Å²) in [6.45, 7) is 1.83. The van der Waals surface area contributed by atoms with Crippen molar-refractivity contribution in [2.24, 2.45) is 7.05 Å². The minimum atomic E-state index is -0.604. The molecule has 15 heavy (non-hydrogen) atoms. The average molecular weight is 225 g/mol. The maximum absolute atomic E-state index is 9.94. The van der Waals surface area contributed by atoms with Gasteiger partial charge in [-0.2, -0.15) is 5.10 Å². The van der Waals surface area contributed by atoms with Crippen LogP contribution in [0.1, 0.15) is 22.5 Å². The molecule has 0 spiro atoms. The van der Waals surface area contributed by atoms with Gasteiger partial charge in [0.05, 0.1) is 16.7 Å². The van der Waals surface area contributed by atoms with Gasteiger partial charge in [0.2, 0.25) is 0 Å². The lowest BCUT2D eigenvalue weighted by Crippen LogP contribution is -2.07. The molecule has 2 aromatic rings. The van der Waals surface area contributed by atoms with Crippen LogP contribution in [0, 0.1) is 6.92 Å². The van der Waals surface area contributed by atoms with Crippen LogP contribution in [-0.4, -0.2) is 29.5 Å². The highest BCUT2D eigenvalue weighted by Crippen LogP contribution is 2.22. The Balaban J connectivity index is 2.14. The monoisotopic (exact) mass is 225 g/mol. The molecule has 0 bridgehead atoms. The second-order valence-electron chi connectivity index (χ2n) is 3.24. The average Bonchev–Trinajstić information content (AvgIpc) is 2.76. The van der Waals surface area contributed by atoms with Crippen molar-refractivity contribution in [3.05, 3.63) is 22.7 Å². The highest BCUT2D eigenvalue weighted by atomic mass is 32.1. The Kier molecular flexibility index (Phi) is 2.74. The largest absolute Gasteiger partial charge is 0.387 e. The Morgan fingerprint density at radius 3 is 2.93 bits per heavy atom. The molecule has 0 aliphatic heterocycles. The van der Waals surface area contributed by atoms with E-state index in [0.717, 1.165) is 16.4 Å². The van der Waals surface area contributed by atoms with Crippen LogP contribution >= 0.6 is 11.5 Å². The van der Waals surface area contributed by atoms with Gasteiger partial charge >= 0.3 is 0 Å². The Morgan fingerprint density at radius 2 is 2.40 bits per heavy atom. The fourth-order valence-corrected chi connectivity index (χ4v) is 1.94. The second kappa shape index (κ2) is 4.03. The molecule has 7 heteroatoms. The number of aromatic nitrogens is 5. The Labute approximate surface area is 90.8 Å². The van der Waals surface area contributed by atoms with E-state index in [2.05, 4.69) is 19.7 Å². The highest BCUT2D eigenvalue weighted by Gasteiger charge is 2.16. The van der Waals surface area contributed by atoms with Crippen LogP contribution in [0.4, 0.5) is 0 Å². The molecule has 0 aliphatic rings. The van der Waals surface area contributed by atoms with Gasteiger partial charge in [0.1, 0.15) is 12.2 Å². The minimum absolute atomic E-state index is 0.432. The molecule has 1 N–H and O–H groups in total. The SMILES string of the molecule is Cc1nnsc1C(O)Cc1ncnn1C. The Bertz CT molecular complexity index is 451. The second-order valence-corrected chi connectivity index (χ2v) is 4.03. The predicted octanol–water partition coefficient (Wildman–Crippen LogP) is 0.251. The van der Waals surface area contributed by atoms with Gasteiger partial charge in [-0.15, -0.1) is 5.10 Å². The summed E-state index contributed by atoms with van der Waals surface area (Å²) >= 11 is 1.22. The zero-order valence-corrected chi connectivity index (χ0v) is 9.27. The smallest absolute Gasteiger partial charge is 0.138 e. The van der Waals surface area contributed by atoms with E-state index in [9.17, 15) is 5.11 Å². The first-order chi connectivity index (χ1) is 7.18. The summed E-state index contributed by atoms with van der Waals surface area (Å²) in [7, 11) is 1.80. The van der Waals surface area contributed by atoms with Gasteiger partial charge in [-0.3, -0.25) is 4.68 Å². The number of hydrogen-bond donors (Lipinski definition) is 1. The van der Waals surface area contributed by atoms with E-state index < -0.39 is 6.10 Å². The van der Waals surface area contributed by atoms with E-state index in [4.69, 9.17) is 0 Å².